The number of aliphatic hydroxyl groups is 1. The second-order valence-corrected chi connectivity index (χ2v) is 5.34. The van der Waals surface area contributed by atoms with Gasteiger partial charge < -0.3 is 15.6 Å². The van der Waals surface area contributed by atoms with Crippen molar-refractivity contribution in [2.45, 2.75) is 33.0 Å². The molecule has 17 heavy (non-hydrogen) atoms. The van der Waals surface area contributed by atoms with Gasteiger partial charge in [-0.25, -0.2) is 0 Å². The summed E-state index contributed by atoms with van der Waals surface area (Å²) >= 11 is 0. The van der Waals surface area contributed by atoms with E-state index in [-0.39, 0.29) is 12.0 Å². The van der Waals surface area contributed by atoms with Crippen molar-refractivity contribution in [3.05, 3.63) is 35.9 Å². The van der Waals surface area contributed by atoms with E-state index < -0.39 is 5.60 Å². The number of hydrogen-bond donors (Lipinski definition) is 2. The number of ether oxygens (including phenoxy) is 1. The average molecular weight is 237 g/mol. The minimum Gasteiger partial charge on any atom is -0.387 e. The molecule has 1 aromatic carbocycles. The monoisotopic (exact) mass is 237 g/mol. The molecule has 0 fully saturated rings. The lowest BCUT2D eigenvalue weighted by Crippen LogP contribution is -2.49. The van der Waals surface area contributed by atoms with E-state index in [0.29, 0.717) is 13.2 Å². The van der Waals surface area contributed by atoms with Gasteiger partial charge in [0.25, 0.3) is 0 Å². The van der Waals surface area contributed by atoms with Gasteiger partial charge in [0.15, 0.2) is 0 Å². The number of hydrogen-bond acceptors (Lipinski definition) is 3. The summed E-state index contributed by atoms with van der Waals surface area (Å²) in [6.07, 6.45) is 0. The maximum absolute atomic E-state index is 10.3. The summed E-state index contributed by atoms with van der Waals surface area (Å²) in [5.41, 5.74) is 5.49. The van der Waals surface area contributed by atoms with E-state index in [9.17, 15) is 5.11 Å². The highest BCUT2D eigenvalue weighted by Crippen LogP contribution is 2.29. The van der Waals surface area contributed by atoms with Gasteiger partial charge in [-0.2, -0.15) is 0 Å². The minimum atomic E-state index is -0.920. The van der Waals surface area contributed by atoms with E-state index in [1.165, 1.54) is 0 Å². The summed E-state index contributed by atoms with van der Waals surface area (Å²) in [6.45, 7) is 6.88. The van der Waals surface area contributed by atoms with Crippen molar-refractivity contribution in [1.29, 1.82) is 0 Å². The van der Waals surface area contributed by atoms with Crippen LogP contribution in [0.2, 0.25) is 0 Å². The Morgan fingerprint density at radius 1 is 1.18 bits per heavy atom. The van der Waals surface area contributed by atoms with Crippen LogP contribution in [0.25, 0.3) is 0 Å². The molecule has 0 amide bonds. The lowest BCUT2D eigenvalue weighted by Gasteiger charge is -2.38. The molecule has 1 atom stereocenters. The maximum atomic E-state index is 10.3. The molecule has 3 nitrogen and oxygen atoms in total. The second kappa shape index (κ2) is 5.63. The quantitative estimate of drug-likeness (QED) is 0.795. The van der Waals surface area contributed by atoms with Gasteiger partial charge in [0.2, 0.25) is 0 Å². The van der Waals surface area contributed by atoms with Crippen LogP contribution >= 0.6 is 0 Å². The smallest absolute Gasteiger partial charge is 0.0914 e. The third-order valence-corrected chi connectivity index (χ3v) is 3.46. The molecule has 1 aromatic rings. The van der Waals surface area contributed by atoms with Crippen molar-refractivity contribution in [2.24, 2.45) is 11.1 Å². The van der Waals surface area contributed by atoms with Crippen molar-refractivity contribution in [3.63, 3.8) is 0 Å². The van der Waals surface area contributed by atoms with Crippen molar-refractivity contribution < 1.29 is 9.84 Å². The Hall–Kier alpha value is -0.900. The zero-order valence-corrected chi connectivity index (χ0v) is 10.9. The van der Waals surface area contributed by atoms with Crippen LogP contribution in [-0.4, -0.2) is 23.9 Å². The summed E-state index contributed by atoms with van der Waals surface area (Å²) in [7, 11) is 0. The third-order valence-electron chi connectivity index (χ3n) is 3.46. The van der Waals surface area contributed by atoms with E-state index in [0.717, 1.165) is 5.56 Å². The van der Waals surface area contributed by atoms with Gasteiger partial charge in [0, 0.05) is 12.0 Å². The first-order valence-corrected chi connectivity index (χ1v) is 5.93. The normalized spacial score (nSPS) is 15.6. The largest absolute Gasteiger partial charge is 0.387 e. The number of nitrogens with two attached hydrogens (primary N) is 1. The first-order chi connectivity index (χ1) is 7.89. The van der Waals surface area contributed by atoms with Gasteiger partial charge >= 0.3 is 0 Å². The number of rotatable bonds is 6. The third kappa shape index (κ3) is 3.80. The molecule has 0 aliphatic carbocycles. The van der Waals surface area contributed by atoms with Crippen molar-refractivity contribution in [2.75, 3.05) is 13.2 Å². The number of benzene rings is 1. The molecule has 0 saturated heterocycles. The van der Waals surface area contributed by atoms with Crippen LogP contribution in [0.1, 0.15) is 26.3 Å². The van der Waals surface area contributed by atoms with Crippen LogP contribution in [0.4, 0.5) is 0 Å². The zero-order chi connectivity index (χ0) is 12.9. The Labute approximate surface area is 104 Å². The van der Waals surface area contributed by atoms with Gasteiger partial charge in [0.1, 0.15) is 0 Å². The summed E-state index contributed by atoms with van der Waals surface area (Å²) in [4.78, 5) is 0. The molecule has 0 aliphatic rings. The van der Waals surface area contributed by atoms with E-state index in [2.05, 4.69) is 0 Å². The Morgan fingerprint density at radius 2 is 1.76 bits per heavy atom. The maximum Gasteiger partial charge on any atom is 0.0914 e. The van der Waals surface area contributed by atoms with Crippen molar-refractivity contribution in [3.8, 4) is 0 Å². The highest BCUT2D eigenvalue weighted by atomic mass is 16.5. The van der Waals surface area contributed by atoms with E-state index in [4.69, 9.17) is 10.5 Å². The molecule has 0 spiro atoms. The molecular weight excluding hydrogens is 214 g/mol. The van der Waals surface area contributed by atoms with Gasteiger partial charge in [-0.3, -0.25) is 0 Å². The molecule has 3 N–H and O–H groups in total. The standard InChI is InChI=1S/C14H23NO2/c1-13(2,10-15)14(3,16)11-17-9-12-7-5-4-6-8-12/h4-8,16H,9-11,15H2,1-3H3. The van der Waals surface area contributed by atoms with Crippen molar-refractivity contribution >= 4 is 0 Å². The Balaban J connectivity index is 2.46. The SMILES string of the molecule is CC(C)(CN)C(C)(O)COCc1ccccc1. The summed E-state index contributed by atoms with van der Waals surface area (Å²) in [5.74, 6) is 0. The topological polar surface area (TPSA) is 55.5 Å². The molecule has 1 unspecified atom stereocenters. The molecule has 0 bridgehead atoms. The average Bonchev–Trinajstić information content (AvgIpc) is 2.30. The van der Waals surface area contributed by atoms with E-state index in [1.807, 2.05) is 44.2 Å². The van der Waals surface area contributed by atoms with Gasteiger partial charge in [-0.05, 0) is 12.5 Å². The highest BCUT2D eigenvalue weighted by Gasteiger charge is 2.38. The Kier molecular flexibility index (Phi) is 4.69. The van der Waals surface area contributed by atoms with Crippen LogP contribution < -0.4 is 5.73 Å². The van der Waals surface area contributed by atoms with Crippen molar-refractivity contribution in [1.82, 2.24) is 0 Å². The van der Waals surface area contributed by atoms with Gasteiger partial charge in [-0.1, -0.05) is 44.2 Å². The van der Waals surface area contributed by atoms with Gasteiger partial charge in [0.05, 0.1) is 18.8 Å². The summed E-state index contributed by atoms with van der Waals surface area (Å²) < 4.78 is 5.57. The molecule has 0 aliphatic heterocycles. The summed E-state index contributed by atoms with van der Waals surface area (Å²) in [5, 5.41) is 10.3. The molecule has 0 heterocycles. The second-order valence-electron chi connectivity index (χ2n) is 5.34. The van der Waals surface area contributed by atoms with Crippen LogP contribution in [0, 0.1) is 5.41 Å². The predicted octanol–water partition coefficient (Wildman–Crippen LogP) is 1.94. The lowest BCUT2D eigenvalue weighted by molar-refractivity contribution is -0.107. The minimum absolute atomic E-state index is 0.284. The highest BCUT2D eigenvalue weighted by molar-refractivity contribution is 5.13. The molecule has 3 heteroatoms. The molecular formula is C14H23NO2. The zero-order valence-electron chi connectivity index (χ0n) is 10.9. The van der Waals surface area contributed by atoms with Gasteiger partial charge in [-0.15, -0.1) is 0 Å². The van der Waals surface area contributed by atoms with Crippen LogP contribution in [0.5, 0.6) is 0 Å². The Morgan fingerprint density at radius 3 is 2.29 bits per heavy atom. The fourth-order valence-electron chi connectivity index (χ4n) is 1.36. The lowest BCUT2D eigenvalue weighted by atomic mass is 9.76. The molecule has 0 radical (unpaired) electrons. The summed E-state index contributed by atoms with van der Waals surface area (Å²) in [6, 6.07) is 9.92. The predicted molar refractivity (Wildman–Crippen MR) is 69.6 cm³/mol. The van der Waals surface area contributed by atoms with Crippen LogP contribution in [0.15, 0.2) is 30.3 Å². The van der Waals surface area contributed by atoms with E-state index >= 15 is 0 Å². The fourth-order valence-corrected chi connectivity index (χ4v) is 1.36. The molecule has 96 valence electrons. The van der Waals surface area contributed by atoms with E-state index in [1.54, 1.807) is 6.92 Å². The first-order valence-electron chi connectivity index (χ1n) is 5.93. The Bertz CT molecular complexity index is 333. The molecule has 0 saturated carbocycles. The van der Waals surface area contributed by atoms with Crippen LogP contribution in [0.3, 0.4) is 0 Å². The first kappa shape index (κ1) is 14.2. The molecule has 0 aromatic heterocycles. The van der Waals surface area contributed by atoms with Crippen LogP contribution in [-0.2, 0) is 11.3 Å². The fraction of sp³-hybridized carbons (Fsp3) is 0.571. The molecule has 1 rings (SSSR count).